The van der Waals surface area contributed by atoms with Crippen LogP contribution in [0.2, 0.25) is 0 Å². The summed E-state index contributed by atoms with van der Waals surface area (Å²) < 4.78 is 10.8. The summed E-state index contributed by atoms with van der Waals surface area (Å²) in [5.74, 6) is -2.04. The molecule has 0 bridgehead atoms. The Morgan fingerprint density at radius 2 is 1.64 bits per heavy atom. The SMILES string of the molecule is C=CCC(CC(=O)NC1(CO)CCCC1)C(=O)NC(COC(=O)C(CC=C)NC(=O)OCc1ccccc1)C(C)(C)C. The molecule has 42 heavy (non-hydrogen) atoms. The first-order valence-corrected chi connectivity index (χ1v) is 14.5. The number of hydrogen-bond donors (Lipinski definition) is 4. The fourth-order valence-corrected chi connectivity index (χ4v) is 4.78. The molecule has 0 spiro atoms. The third-order valence-electron chi connectivity index (χ3n) is 7.47. The minimum Gasteiger partial charge on any atom is -0.462 e. The van der Waals surface area contributed by atoms with Crippen molar-refractivity contribution in [2.45, 2.75) is 89.9 Å². The van der Waals surface area contributed by atoms with Crippen molar-refractivity contribution >= 4 is 23.9 Å². The van der Waals surface area contributed by atoms with Crippen LogP contribution in [-0.4, -0.2) is 59.8 Å². The predicted octanol–water partition coefficient (Wildman–Crippen LogP) is 3.94. The highest BCUT2D eigenvalue weighted by Crippen LogP contribution is 2.29. The van der Waals surface area contributed by atoms with Crippen LogP contribution in [0.1, 0.15) is 71.3 Å². The van der Waals surface area contributed by atoms with Gasteiger partial charge in [0.05, 0.1) is 24.1 Å². The molecule has 2 rings (SSSR count). The molecule has 0 heterocycles. The number of rotatable bonds is 16. The Hall–Kier alpha value is -3.66. The number of esters is 1. The Labute approximate surface area is 249 Å². The zero-order valence-electron chi connectivity index (χ0n) is 25.2. The molecule has 3 unspecified atom stereocenters. The van der Waals surface area contributed by atoms with Crippen molar-refractivity contribution in [2.75, 3.05) is 13.2 Å². The molecule has 3 atom stereocenters. The van der Waals surface area contributed by atoms with Gasteiger partial charge in [-0.15, -0.1) is 13.2 Å². The average Bonchev–Trinajstić information content (AvgIpc) is 3.42. The molecule has 1 aromatic rings. The van der Waals surface area contributed by atoms with E-state index >= 15 is 0 Å². The lowest BCUT2D eigenvalue weighted by molar-refractivity contribution is -0.148. The van der Waals surface area contributed by atoms with Gasteiger partial charge in [0, 0.05) is 6.42 Å². The average molecular weight is 586 g/mol. The number of hydrogen-bond acceptors (Lipinski definition) is 7. The summed E-state index contributed by atoms with van der Waals surface area (Å²) in [5.41, 5.74) is -0.325. The van der Waals surface area contributed by atoms with E-state index in [1.54, 1.807) is 6.08 Å². The maximum atomic E-state index is 13.3. The number of ether oxygens (including phenoxy) is 2. The van der Waals surface area contributed by atoms with Gasteiger partial charge in [-0.1, -0.05) is 76.1 Å². The maximum absolute atomic E-state index is 13.3. The number of nitrogens with one attached hydrogen (secondary N) is 3. The fourth-order valence-electron chi connectivity index (χ4n) is 4.78. The number of alkyl carbamates (subject to hydrolysis) is 1. The monoisotopic (exact) mass is 585 g/mol. The van der Waals surface area contributed by atoms with Gasteiger partial charge in [-0.2, -0.15) is 0 Å². The van der Waals surface area contributed by atoms with Crippen LogP contribution in [0.4, 0.5) is 4.79 Å². The molecule has 4 N–H and O–H groups in total. The van der Waals surface area contributed by atoms with Gasteiger partial charge in [0.25, 0.3) is 0 Å². The Kier molecular flexibility index (Phi) is 13.7. The molecule has 1 aromatic carbocycles. The lowest BCUT2D eigenvalue weighted by Crippen LogP contribution is -2.52. The van der Waals surface area contributed by atoms with Gasteiger partial charge in [0.2, 0.25) is 11.8 Å². The summed E-state index contributed by atoms with van der Waals surface area (Å²) in [4.78, 5) is 51.4. The summed E-state index contributed by atoms with van der Waals surface area (Å²) >= 11 is 0. The maximum Gasteiger partial charge on any atom is 0.408 e. The first-order chi connectivity index (χ1) is 19.9. The van der Waals surface area contributed by atoms with E-state index in [1.165, 1.54) is 6.08 Å². The summed E-state index contributed by atoms with van der Waals surface area (Å²) in [6.07, 6.45) is 5.92. The lowest BCUT2D eigenvalue weighted by atomic mass is 9.86. The molecule has 0 aliphatic heterocycles. The number of carbonyl (C=O) groups is 4. The molecule has 0 radical (unpaired) electrons. The topological polar surface area (TPSA) is 143 Å². The number of carbonyl (C=O) groups excluding carboxylic acids is 4. The van der Waals surface area contributed by atoms with Gasteiger partial charge in [-0.25, -0.2) is 9.59 Å². The molecule has 10 nitrogen and oxygen atoms in total. The van der Waals surface area contributed by atoms with Crippen LogP contribution in [-0.2, 0) is 30.5 Å². The second-order valence-corrected chi connectivity index (χ2v) is 12.0. The van der Waals surface area contributed by atoms with Crippen LogP contribution in [0.15, 0.2) is 55.6 Å². The highest BCUT2D eigenvalue weighted by atomic mass is 16.6. The van der Waals surface area contributed by atoms with E-state index in [9.17, 15) is 24.3 Å². The molecule has 1 saturated carbocycles. The number of aliphatic hydroxyl groups is 1. The van der Waals surface area contributed by atoms with Crippen LogP contribution in [0.3, 0.4) is 0 Å². The van der Waals surface area contributed by atoms with E-state index in [0.29, 0.717) is 12.8 Å². The van der Waals surface area contributed by atoms with Crippen molar-refractivity contribution in [1.29, 1.82) is 0 Å². The van der Waals surface area contributed by atoms with Crippen LogP contribution < -0.4 is 16.0 Å². The smallest absolute Gasteiger partial charge is 0.408 e. The normalized spacial score (nSPS) is 16.3. The van der Waals surface area contributed by atoms with E-state index in [-0.39, 0.29) is 50.9 Å². The lowest BCUT2D eigenvalue weighted by Gasteiger charge is -2.33. The molecule has 0 aromatic heterocycles. The predicted molar refractivity (Wildman–Crippen MR) is 160 cm³/mol. The molecule has 1 aliphatic carbocycles. The molecule has 0 saturated heterocycles. The van der Waals surface area contributed by atoms with Crippen molar-refractivity contribution in [3.8, 4) is 0 Å². The van der Waals surface area contributed by atoms with Crippen LogP contribution in [0, 0.1) is 11.3 Å². The number of allylic oxidation sites excluding steroid dienone is 1. The van der Waals surface area contributed by atoms with E-state index < -0.39 is 41.0 Å². The standard InChI is InChI=1S/C32H47N3O7/c1-6-13-24(19-27(37)35-32(22-36)17-11-12-18-32)28(38)34-26(31(3,4)5)21-41-29(39)25(14-7-2)33-30(40)42-20-23-15-9-8-10-16-23/h6-10,15-16,24-26,36H,1-2,11-14,17-22H2,3-5H3,(H,33,40)(H,34,38)(H,35,37). The quantitative estimate of drug-likeness (QED) is 0.170. The molecule has 1 fully saturated rings. The van der Waals surface area contributed by atoms with Crippen LogP contribution >= 0.6 is 0 Å². The number of amides is 3. The van der Waals surface area contributed by atoms with E-state index in [0.717, 1.165) is 18.4 Å². The van der Waals surface area contributed by atoms with Gasteiger partial charge < -0.3 is 30.5 Å². The van der Waals surface area contributed by atoms with Crippen molar-refractivity contribution in [3.63, 3.8) is 0 Å². The molecule has 10 heteroatoms. The first kappa shape index (κ1) is 34.5. The fraction of sp³-hybridized carbons (Fsp3) is 0.562. The second kappa shape index (κ2) is 16.7. The summed E-state index contributed by atoms with van der Waals surface area (Å²) in [7, 11) is 0. The number of aliphatic hydroxyl groups excluding tert-OH is 1. The summed E-state index contributed by atoms with van der Waals surface area (Å²) in [6.45, 7) is 12.8. The Balaban J connectivity index is 1.98. The molecule has 1 aliphatic rings. The first-order valence-electron chi connectivity index (χ1n) is 14.5. The minimum absolute atomic E-state index is 0.0472. The largest absolute Gasteiger partial charge is 0.462 e. The Morgan fingerprint density at radius 1 is 1.00 bits per heavy atom. The summed E-state index contributed by atoms with van der Waals surface area (Å²) in [6, 6.07) is 7.54. The van der Waals surface area contributed by atoms with E-state index in [2.05, 4.69) is 29.1 Å². The van der Waals surface area contributed by atoms with Gasteiger partial charge in [0.1, 0.15) is 19.3 Å². The van der Waals surface area contributed by atoms with Gasteiger partial charge in [0.15, 0.2) is 0 Å². The van der Waals surface area contributed by atoms with Crippen molar-refractivity contribution < 1.29 is 33.8 Å². The number of benzene rings is 1. The van der Waals surface area contributed by atoms with Crippen LogP contribution in [0.5, 0.6) is 0 Å². The molecule has 3 amide bonds. The van der Waals surface area contributed by atoms with Gasteiger partial charge in [-0.05, 0) is 36.7 Å². The molecular formula is C32H47N3O7. The summed E-state index contributed by atoms with van der Waals surface area (Å²) in [5, 5.41) is 18.2. The molecular weight excluding hydrogens is 538 g/mol. The van der Waals surface area contributed by atoms with Crippen molar-refractivity contribution in [2.24, 2.45) is 11.3 Å². The third kappa shape index (κ3) is 11.3. The minimum atomic E-state index is -1.02. The van der Waals surface area contributed by atoms with E-state index in [4.69, 9.17) is 9.47 Å². The molecule has 232 valence electrons. The highest BCUT2D eigenvalue weighted by molar-refractivity contribution is 5.86. The van der Waals surface area contributed by atoms with Crippen molar-refractivity contribution in [3.05, 3.63) is 61.2 Å². The Morgan fingerprint density at radius 3 is 2.21 bits per heavy atom. The zero-order valence-corrected chi connectivity index (χ0v) is 25.2. The van der Waals surface area contributed by atoms with Crippen molar-refractivity contribution in [1.82, 2.24) is 16.0 Å². The van der Waals surface area contributed by atoms with Crippen LogP contribution in [0.25, 0.3) is 0 Å². The van der Waals surface area contributed by atoms with Gasteiger partial charge >= 0.3 is 12.1 Å². The highest BCUT2D eigenvalue weighted by Gasteiger charge is 2.36. The Bertz CT molecular complexity index is 1060. The zero-order chi connectivity index (χ0) is 31.2. The van der Waals surface area contributed by atoms with E-state index in [1.807, 2.05) is 51.1 Å². The van der Waals surface area contributed by atoms with Gasteiger partial charge in [-0.3, -0.25) is 9.59 Å². The third-order valence-corrected chi connectivity index (χ3v) is 7.47. The second-order valence-electron chi connectivity index (χ2n) is 12.0.